The SMILES string of the molecule is O=C1CCCC1C(=O)c1ncccn1. The first-order valence-electron chi connectivity index (χ1n) is 4.63. The topological polar surface area (TPSA) is 59.9 Å². The molecule has 2 rings (SSSR count). The number of carbonyl (C=O) groups excluding carboxylic acids is 2. The minimum atomic E-state index is -0.489. The van der Waals surface area contributed by atoms with E-state index in [0.717, 1.165) is 6.42 Å². The van der Waals surface area contributed by atoms with Crippen molar-refractivity contribution < 1.29 is 9.59 Å². The summed E-state index contributed by atoms with van der Waals surface area (Å²) in [5.41, 5.74) is 0. The van der Waals surface area contributed by atoms with Crippen molar-refractivity contribution in [3.63, 3.8) is 0 Å². The van der Waals surface area contributed by atoms with Crippen molar-refractivity contribution in [2.75, 3.05) is 0 Å². The molecule has 1 atom stereocenters. The molecule has 1 saturated carbocycles. The highest BCUT2D eigenvalue weighted by Gasteiger charge is 2.32. The van der Waals surface area contributed by atoms with Crippen molar-refractivity contribution in [3.8, 4) is 0 Å². The van der Waals surface area contributed by atoms with Gasteiger partial charge >= 0.3 is 0 Å². The number of ketones is 2. The molecule has 0 N–H and O–H groups in total. The first-order chi connectivity index (χ1) is 6.79. The molecule has 1 aliphatic rings. The van der Waals surface area contributed by atoms with Gasteiger partial charge in [-0.2, -0.15) is 0 Å². The van der Waals surface area contributed by atoms with Crippen LogP contribution in [0.2, 0.25) is 0 Å². The number of Topliss-reactive ketones (excluding diaryl/α,β-unsaturated/α-hetero) is 2. The quantitative estimate of drug-likeness (QED) is 0.516. The first kappa shape index (κ1) is 8.99. The summed E-state index contributed by atoms with van der Waals surface area (Å²) in [6.07, 6.45) is 5.00. The maximum absolute atomic E-state index is 11.7. The van der Waals surface area contributed by atoms with Crippen LogP contribution in [0.5, 0.6) is 0 Å². The van der Waals surface area contributed by atoms with Gasteiger partial charge in [-0.15, -0.1) is 0 Å². The van der Waals surface area contributed by atoms with Crippen LogP contribution >= 0.6 is 0 Å². The van der Waals surface area contributed by atoms with E-state index in [9.17, 15) is 9.59 Å². The van der Waals surface area contributed by atoms with Gasteiger partial charge in [-0.05, 0) is 18.9 Å². The summed E-state index contributed by atoms with van der Waals surface area (Å²) in [7, 11) is 0. The molecule has 14 heavy (non-hydrogen) atoms. The third-order valence-electron chi connectivity index (χ3n) is 2.41. The van der Waals surface area contributed by atoms with E-state index in [1.54, 1.807) is 6.07 Å². The van der Waals surface area contributed by atoms with Gasteiger partial charge in [-0.25, -0.2) is 9.97 Å². The molecule has 1 heterocycles. The first-order valence-corrected chi connectivity index (χ1v) is 4.63. The van der Waals surface area contributed by atoms with Crippen molar-refractivity contribution >= 4 is 11.6 Å². The Balaban J connectivity index is 2.20. The molecule has 0 aromatic carbocycles. The van der Waals surface area contributed by atoms with E-state index >= 15 is 0 Å². The van der Waals surface area contributed by atoms with Crippen LogP contribution in [0.25, 0.3) is 0 Å². The highest BCUT2D eigenvalue weighted by molar-refractivity contribution is 6.09. The molecule has 1 aromatic rings. The molecule has 0 amide bonds. The molecular weight excluding hydrogens is 180 g/mol. The molecule has 1 fully saturated rings. The van der Waals surface area contributed by atoms with Crippen molar-refractivity contribution in [1.82, 2.24) is 9.97 Å². The molecule has 0 saturated heterocycles. The molecule has 1 aliphatic carbocycles. The molecule has 0 aliphatic heterocycles. The van der Waals surface area contributed by atoms with E-state index in [-0.39, 0.29) is 17.4 Å². The molecule has 4 nitrogen and oxygen atoms in total. The summed E-state index contributed by atoms with van der Waals surface area (Å²) in [6, 6.07) is 1.65. The average Bonchev–Trinajstić information content (AvgIpc) is 2.65. The Morgan fingerprint density at radius 1 is 1.36 bits per heavy atom. The highest BCUT2D eigenvalue weighted by atomic mass is 16.2. The molecule has 4 heteroatoms. The standard InChI is InChI=1S/C10H10N2O2/c13-8-4-1-3-7(8)9(14)10-11-5-2-6-12-10/h2,5-7H,1,3-4H2. The second-order valence-corrected chi connectivity index (χ2v) is 3.35. The zero-order valence-electron chi connectivity index (χ0n) is 7.64. The monoisotopic (exact) mass is 190 g/mol. The Labute approximate surface area is 81.4 Å². The Morgan fingerprint density at radius 3 is 2.64 bits per heavy atom. The van der Waals surface area contributed by atoms with Crippen molar-refractivity contribution in [1.29, 1.82) is 0 Å². The van der Waals surface area contributed by atoms with Crippen LogP contribution in [0, 0.1) is 5.92 Å². The Bertz CT molecular complexity index is 362. The summed E-state index contributed by atoms with van der Waals surface area (Å²) in [4.78, 5) is 30.7. The Kier molecular flexibility index (Phi) is 2.35. The summed E-state index contributed by atoms with van der Waals surface area (Å²) < 4.78 is 0. The van der Waals surface area contributed by atoms with Crippen LogP contribution in [0.1, 0.15) is 29.9 Å². The molecule has 0 bridgehead atoms. The lowest BCUT2D eigenvalue weighted by Crippen LogP contribution is -2.20. The average molecular weight is 190 g/mol. The highest BCUT2D eigenvalue weighted by Crippen LogP contribution is 2.23. The van der Waals surface area contributed by atoms with E-state index in [2.05, 4.69) is 9.97 Å². The number of aromatic nitrogens is 2. The number of hydrogen-bond donors (Lipinski definition) is 0. The summed E-state index contributed by atoms with van der Waals surface area (Å²) in [5, 5.41) is 0. The fraction of sp³-hybridized carbons (Fsp3) is 0.400. The minimum absolute atomic E-state index is 0.0300. The van der Waals surface area contributed by atoms with Crippen LogP contribution < -0.4 is 0 Å². The van der Waals surface area contributed by atoms with E-state index in [0.29, 0.717) is 12.8 Å². The van der Waals surface area contributed by atoms with Crippen LogP contribution in [0.3, 0.4) is 0 Å². The zero-order valence-corrected chi connectivity index (χ0v) is 7.64. The number of rotatable bonds is 2. The fourth-order valence-electron chi connectivity index (χ4n) is 1.68. The number of hydrogen-bond acceptors (Lipinski definition) is 4. The van der Waals surface area contributed by atoms with Gasteiger partial charge in [-0.1, -0.05) is 0 Å². The predicted molar refractivity (Wildman–Crippen MR) is 48.7 cm³/mol. The summed E-state index contributed by atoms with van der Waals surface area (Å²) in [6.45, 7) is 0. The molecular formula is C10H10N2O2. The second kappa shape index (κ2) is 3.65. The maximum atomic E-state index is 11.7. The maximum Gasteiger partial charge on any atom is 0.210 e. The van der Waals surface area contributed by atoms with Gasteiger partial charge in [0.05, 0.1) is 5.92 Å². The second-order valence-electron chi connectivity index (χ2n) is 3.35. The summed E-state index contributed by atoms with van der Waals surface area (Å²) in [5.74, 6) is -0.527. The summed E-state index contributed by atoms with van der Waals surface area (Å²) >= 11 is 0. The van der Waals surface area contributed by atoms with Crippen molar-refractivity contribution in [2.45, 2.75) is 19.3 Å². The van der Waals surface area contributed by atoms with Crippen LogP contribution in [-0.4, -0.2) is 21.5 Å². The van der Waals surface area contributed by atoms with Gasteiger partial charge in [0.1, 0.15) is 5.78 Å². The van der Waals surface area contributed by atoms with Crippen LogP contribution in [0.4, 0.5) is 0 Å². The Morgan fingerprint density at radius 2 is 2.07 bits per heavy atom. The molecule has 0 spiro atoms. The minimum Gasteiger partial charge on any atom is -0.299 e. The lowest BCUT2D eigenvalue weighted by molar-refractivity contribution is -0.119. The lowest BCUT2D eigenvalue weighted by Gasteiger charge is -2.03. The van der Waals surface area contributed by atoms with Gasteiger partial charge in [0.2, 0.25) is 5.78 Å². The normalized spacial score (nSPS) is 21.1. The molecule has 72 valence electrons. The van der Waals surface area contributed by atoms with Gasteiger partial charge in [0.25, 0.3) is 0 Å². The van der Waals surface area contributed by atoms with Crippen LogP contribution in [0.15, 0.2) is 18.5 Å². The third-order valence-corrected chi connectivity index (χ3v) is 2.41. The van der Waals surface area contributed by atoms with Gasteiger partial charge in [0.15, 0.2) is 5.82 Å². The van der Waals surface area contributed by atoms with E-state index in [1.807, 2.05) is 0 Å². The lowest BCUT2D eigenvalue weighted by atomic mass is 10.0. The van der Waals surface area contributed by atoms with Gasteiger partial charge in [-0.3, -0.25) is 9.59 Å². The number of nitrogens with zero attached hydrogens (tertiary/aromatic N) is 2. The van der Waals surface area contributed by atoms with E-state index < -0.39 is 5.92 Å². The number of carbonyl (C=O) groups is 2. The largest absolute Gasteiger partial charge is 0.299 e. The smallest absolute Gasteiger partial charge is 0.210 e. The fourth-order valence-corrected chi connectivity index (χ4v) is 1.68. The predicted octanol–water partition coefficient (Wildman–Crippen LogP) is 1.03. The third kappa shape index (κ3) is 1.55. The van der Waals surface area contributed by atoms with E-state index in [1.165, 1.54) is 12.4 Å². The van der Waals surface area contributed by atoms with Crippen LogP contribution in [-0.2, 0) is 4.79 Å². The molecule has 1 aromatic heterocycles. The Hall–Kier alpha value is -1.58. The van der Waals surface area contributed by atoms with Gasteiger partial charge < -0.3 is 0 Å². The van der Waals surface area contributed by atoms with Crippen molar-refractivity contribution in [3.05, 3.63) is 24.3 Å². The van der Waals surface area contributed by atoms with Gasteiger partial charge in [0, 0.05) is 18.8 Å². The zero-order chi connectivity index (χ0) is 9.97. The van der Waals surface area contributed by atoms with E-state index in [4.69, 9.17) is 0 Å². The van der Waals surface area contributed by atoms with Crippen molar-refractivity contribution in [2.24, 2.45) is 5.92 Å². The molecule has 1 unspecified atom stereocenters. The molecule has 0 radical (unpaired) electrons.